The Kier molecular flexibility index (Phi) is 6.14. The van der Waals surface area contributed by atoms with E-state index in [0.29, 0.717) is 19.0 Å². The van der Waals surface area contributed by atoms with Crippen LogP contribution in [0.25, 0.3) is 0 Å². The van der Waals surface area contributed by atoms with Crippen molar-refractivity contribution in [1.82, 2.24) is 9.03 Å². The van der Waals surface area contributed by atoms with E-state index in [1.54, 1.807) is 0 Å². The van der Waals surface area contributed by atoms with Crippen LogP contribution in [0.4, 0.5) is 0 Å². The lowest BCUT2D eigenvalue weighted by molar-refractivity contribution is -0.139. The highest BCUT2D eigenvalue weighted by atomic mass is 32.2. The van der Waals surface area contributed by atoms with E-state index in [9.17, 15) is 21.6 Å². The summed E-state index contributed by atoms with van der Waals surface area (Å²) in [5.74, 6) is -1.33. The van der Waals surface area contributed by atoms with E-state index in [0.717, 1.165) is 19.1 Å². The fourth-order valence-corrected chi connectivity index (χ4v) is 4.13. The number of carboxylic acid groups (broad SMARTS) is 1. The van der Waals surface area contributed by atoms with Crippen molar-refractivity contribution in [1.29, 1.82) is 0 Å². The van der Waals surface area contributed by atoms with Gasteiger partial charge in [-0.2, -0.15) is 17.4 Å². The zero-order chi connectivity index (χ0) is 16.3. The average Bonchev–Trinajstić information content (AvgIpc) is 2.33. The van der Waals surface area contributed by atoms with E-state index >= 15 is 0 Å². The molecule has 0 aromatic rings. The summed E-state index contributed by atoms with van der Waals surface area (Å²) in [7, 11) is -7.26. The molecule has 1 aliphatic rings. The number of piperidine rings is 1. The van der Waals surface area contributed by atoms with Crippen molar-refractivity contribution in [2.75, 3.05) is 25.1 Å². The van der Waals surface area contributed by atoms with Gasteiger partial charge in [-0.1, -0.05) is 6.92 Å². The Morgan fingerprint density at radius 2 is 1.81 bits per heavy atom. The molecular formula is C11H22N2O6S2. The van der Waals surface area contributed by atoms with Gasteiger partial charge in [0.25, 0.3) is 10.2 Å². The monoisotopic (exact) mass is 342 g/mol. The van der Waals surface area contributed by atoms with E-state index in [1.807, 2.05) is 6.92 Å². The number of sulfone groups is 1. The molecule has 10 heteroatoms. The second-order valence-corrected chi connectivity index (χ2v) is 9.48. The molecule has 1 unspecified atom stereocenters. The lowest BCUT2D eigenvalue weighted by atomic mass is 10.0. The Balaban J connectivity index is 2.71. The van der Waals surface area contributed by atoms with Gasteiger partial charge < -0.3 is 5.11 Å². The van der Waals surface area contributed by atoms with Crippen LogP contribution in [0.5, 0.6) is 0 Å². The Morgan fingerprint density at radius 3 is 2.24 bits per heavy atom. The summed E-state index contributed by atoms with van der Waals surface area (Å²) < 4.78 is 49.7. The lowest BCUT2D eigenvalue weighted by Gasteiger charge is -2.30. The zero-order valence-electron chi connectivity index (χ0n) is 12.1. The second kappa shape index (κ2) is 7.03. The number of nitrogens with one attached hydrogen (secondary N) is 1. The summed E-state index contributed by atoms with van der Waals surface area (Å²) >= 11 is 0. The molecule has 8 nitrogen and oxygen atoms in total. The highest BCUT2D eigenvalue weighted by Gasteiger charge is 2.31. The van der Waals surface area contributed by atoms with Crippen molar-refractivity contribution in [3.63, 3.8) is 0 Å². The molecule has 0 aromatic heterocycles. The van der Waals surface area contributed by atoms with E-state index in [2.05, 4.69) is 4.72 Å². The highest BCUT2D eigenvalue weighted by molar-refractivity contribution is 7.90. The molecule has 0 spiro atoms. The first-order valence-corrected chi connectivity index (χ1v) is 10.2. The minimum Gasteiger partial charge on any atom is -0.480 e. The predicted octanol–water partition coefficient (Wildman–Crippen LogP) is -0.559. The van der Waals surface area contributed by atoms with Gasteiger partial charge >= 0.3 is 5.97 Å². The van der Waals surface area contributed by atoms with Gasteiger partial charge in [0, 0.05) is 19.3 Å². The molecule has 0 saturated carbocycles. The predicted molar refractivity (Wildman–Crippen MR) is 77.8 cm³/mol. The molecule has 1 saturated heterocycles. The van der Waals surface area contributed by atoms with Gasteiger partial charge in [-0.25, -0.2) is 8.42 Å². The summed E-state index contributed by atoms with van der Waals surface area (Å²) in [6.45, 7) is 2.72. The first-order valence-electron chi connectivity index (χ1n) is 6.69. The second-order valence-electron chi connectivity index (χ2n) is 5.51. The molecule has 124 valence electrons. The van der Waals surface area contributed by atoms with E-state index < -0.39 is 32.1 Å². The molecule has 0 bridgehead atoms. The Hall–Kier alpha value is -0.710. The maximum Gasteiger partial charge on any atom is 0.321 e. The molecule has 21 heavy (non-hydrogen) atoms. The van der Waals surface area contributed by atoms with Gasteiger partial charge in [0.05, 0.1) is 5.75 Å². The highest BCUT2D eigenvalue weighted by Crippen LogP contribution is 2.18. The molecule has 0 aliphatic carbocycles. The van der Waals surface area contributed by atoms with Crippen LogP contribution in [0.15, 0.2) is 0 Å². The van der Waals surface area contributed by atoms with Gasteiger partial charge in [-0.3, -0.25) is 4.79 Å². The van der Waals surface area contributed by atoms with Gasteiger partial charge in [0.15, 0.2) is 0 Å². The van der Waals surface area contributed by atoms with E-state index in [4.69, 9.17) is 5.11 Å². The molecule has 1 heterocycles. The minimum atomic E-state index is -3.91. The van der Waals surface area contributed by atoms with E-state index in [1.165, 1.54) is 4.31 Å². The normalized spacial score (nSPS) is 20.3. The maximum atomic E-state index is 12.1. The van der Waals surface area contributed by atoms with Gasteiger partial charge in [-0.05, 0) is 25.2 Å². The number of aliphatic carboxylic acids is 1. The van der Waals surface area contributed by atoms with Crippen molar-refractivity contribution >= 4 is 26.0 Å². The number of nitrogens with zero attached hydrogens (tertiary/aromatic N) is 1. The fraction of sp³-hybridized carbons (Fsp3) is 0.909. The molecule has 1 atom stereocenters. The molecule has 0 amide bonds. The zero-order valence-corrected chi connectivity index (χ0v) is 13.8. The van der Waals surface area contributed by atoms with E-state index in [-0.39, 0.29) is 12.2 Å². The first-order chi connectivity index (χ1) is 9.51. The summed E-state index contributed by atoms with van der Waals surface area (Å²) in [5, 5.41) is 9.03. The van der Waals surface area contributed by atoms with Gasteiger partial charge in [0.2, 0.25) is 0 Å². The maximum absolute atomic E-state index is 12.1. The summed E-state index contributed by atoms with van der Waals surface area (Å²) in [6.07, 6.45) is 2.13. The first kappa shape index (κ1) is 18.3. The number of hydrogen-bond acceptors (Lipinski definition) is 5. The van der Waals surface area contributed by atoms with Crippen LogP contribution in [-0.2, 0) is 24.8 Å². The average molecular weight is 342 g/mol. The van der Waals surface area contributed by atoms with Crippen LogP contribution >= 0.6 is 0 Å². The molecule has 2 N–H and O–H groups in total. The third-order valence-electron chi connectivity index (χ3n) is 3.45. The number of hydrogen-bond donors (Lipinski definition) is 2. The smallest absolute Gasteiger partial charge is 0.321 e. The Morgan fingerprint density at radius 1 is 1.29 bits per heavy atom. The standard InChI is InChI=1S/C11H22N2O6S2/c1-9-3-6-13(7-4-9)21(18,19)12-10(11(14)15)5-8-20(2,16)17/h9-10,12H,3-8H2,1-2H3,(H,14,15). The third-order valence-corrected chi connectivity index (χ3v) is 6.05. The summed E-state index contributed by atoms with van der Waals surface area (Å²) in [4.78, 5) is 11.1. The Bertz CT molecular complexity index is 564. The minimum absolute atomic E-state index is 0.294. The molecule has 1 rings (SSSR count). The molecule has 1 aliphatic heterocycles. The molecule has 0 radical (unpaired) electrons. The fourth-order valence-electron chi connectivity index (χ4n) is 2.04. The van der Waals surface area contributed by atoms with Crippen LogP contribution in [-0.4, -0.2) is 63.4 Å². The van der Waals surface area contributed by atoms with Crippen LogP contribution in [0.1, 0.15) is 26.2 Å². The molecular weight excluding hydrogens is 320 g/mol. The van der Waals surface area contributed by atoms with Gasteiger partial charge in [0.1, 0.15) is 15.9 Å². The van der Waals surface area contributed by atoms with Crippen molar-refractivity contribution in [2.24, 2.45) is 5.92 Å². The number of carboxylic acids is 1. The van der Waals surface area contributed by atoms with Crippen LogP contribution in [0.2, 0.25) is 0 Å². The topological polar surface area (TPSA) is 121 Å². The number of rotatable bonds is 7. The van der Waals surface area contributed by atoms with Gasteiger partial charge in [-0.15, -0.1) is 0 Å². The van der Waals surface area contributed by atoms with Crippen molar-refractivity contribution in [3.05, 3.63) is 0 Å². The summed E-state index contributed by atoms with van der Waals surface area (Å²) in [6, 6.07) is -1.44. The van der Waals surface area contributed by atoms with Crippen LogP contribution < -0.4 is 4.72 Å². The molecule has 1 fully saturated rings. The molecule has 0 aromatic carbocycles. The SMILES string of the molecule is CC1CCN(S(=O)(=O)NC(CCS(C)(=O)=O)C(=O)O)CC1. The lowest BCUT2D eigenvalue weighted by Crippen LogP contribution is -2.50. The van der Waals surface area contributed by atoms with Crippen LogP contribution in [0.3, 0.4) is 0 Å². The third kappa shape index (κ3) is 6.29. The van der Waals surface area contributed by atoms with Crippen molar-refractivity contribution in [3.8, 4) is 0 Å². The largest absolute Gasteiger partial charge is 0.480 e. The van der Waals surface area contributed by atoms with Crippen molar-refractivity contribution < 1.29 is 26.7 Å². The Labute approximate surface area is 125 Å². The van der Waals surface area contributed by atoms with Crippen LogP contribution in [0, 0.1) is 5.92 Å². The summed E-state index contributed by atoms with van der Waals surface area (Å²) in [5.41, 5.74) is 0. The quantitative estimate of drug-likeness (QED) is 0.640. The number of carbonyl (C=O) groups is 1. The van der Waals surface area contributed by atoms with Crippen molar-refractivity contribution in [2.45, 2.75) is 32.2 Å².